The van der Waals surface area contributed by atoms with Crippen LogP contribution in [0.4, 0.5) is 15.8 Å². The Morgan fingerprint density at radius 3 is 2.21 bits per heavy atom. The molecule has 3 N–H and O–H groups in total. The van der Waals surface area contributed by atoms with Gasteiger partial charge in [0.2, 0.25) is 0 Å². The number of benzene rings is 3. The fraction of sp³-hybridized carbons (Fsp3) is 0. The highest BCUT2D eigenvalue weighted by Gasteiger charge is 2.22. The van der Waals surface area contributed by atoms with Crippen LogP contribution < -0.4 is 16.1 Å². The lowest BCUT2D eigenvalue weighted by Gasteiger charge is -2.13. The molecule has 7 nitrogen and oxygen atoms in total. The summed E-state index contributed by atoms with van der Waals surface area (Å²) in [6.07, 6.45) is 0. The Morgan fingerprint density at radius 1 is 0.824 bits per heavy atom. The van der Waals surface area contributed by atoms with E-state index < -0.39 is 23.5 Å². The molecule has 0 radical (unpaired) electrons. The molecular formula is C23H14Br2ClFN4O3. The molecule has 0 aliphatic carbocycles. The molecule has 0 bridgehead atoms. The highest BCUT2D eigenvalue weighted by molar-refractivity contribution is 9.10. The van der Waals surface area contributed by atoms with Crippen LogP contribution in [-0.2, 0) is 9.59 Å². The molecule has 0 atom stereocenters. The van der Waals surface area contributed by atoms with Crippen molar-refractivity contribution < 1.29 is 18.8 Å². The van der Waals surface area contributed by atoms with Crippen molar-refractivity contribution in [3.8, 4) is 0 Å². The molecule has 1 aromatic heterocycles. The average Bonchev–Trinajstić information content (AvgIpc) is 3.14. The van der Waals surface area contributed by atoms with Crippen LogP contribution in [0.1, 0.15) is 10.5 Å². The van der Waals surface area contributed by atoms with Crippen molar-refractivity contribution in [2.45, 2.75) is 0 Å². The van der Waals surface area contributed by atoms with Gasteiger partial charge in [0.1, 0.15) is 11.5 Å². The smallest absolute Gasteiger partial charge is 0.321 e. The summed E-state index contributed by atoms with van der Waals surface area (Å²) in [6, 6.07) is 16.7. The number of rotatable bonds is 4. The van der Waals surface area contributed by atoms with Gasteiger partial charge in [0.25, 0.3) is 5.91 Å². The number of nitrogens with zero attached hydrogens (tertiary/aromatic N) is 1. The van der Waals surface area contributed by atoms with Gasteiger partial charge in [-0.2, -0.15) is 0 Å². The molecule has 0 aliphatic rings. The number of amides is 3. The van der Waals surface area contributed by atoms with Gasteiger partial charge >= 0.3 is 11.8 Å². The molecule has 0 saturated heterocycles. The fourth-order valence-electron chi connectivity index (χ4n) is 3.12. The minimum atomic E-state index is -1.02. The first-order valence-corrected chi connectivity index (χ1v) is 11.6. The van der Waals surface area contributed by atoms with Gasteiger partial charge in [-0.3, -0.25) is 19.8 Å². The quantitative estimate of drug-likeness (QED) is 0.251. The largest absolute Gasteiger partial charge is 0.328 e. The van der Waals surface area contributed by atoms with E-state index in [9.17, 15) is 18.8 Å². The normalized spacial score (nSPS) is 10.7. The summed E-state index contributed by atoms with van der Waals surface area (Å²) in [5.41, 5.74) is 3.60. The first-order valence-electron chi connectivity index (χ1n) is 9.66. The van der Waals surface area contributed by atoms with Crippen LogP contribution in [0.5, 0.6) is 0 Å². The van der Waals surface area contributed by atoms with Gasteiger partial charge in [0.15, 0.2) is 0 Å². The second-order valence-corrected chi connectivity index (χ2v) is 9.29. The first-order chi connectivity index (χ1) is 16.2. The third-order valence-electron chi connectivity index (χ3n) is 4.70. The van der Waals surface area contributed by atoms with Crippen molar-refractivity contribution in [2.24, 2.45) is 0 Å². The lowest BCUT2D eigenvalue weighted by atomic mass is 10.2. The van der Waals surface area contributed by atoms with E-state index in [0.29, 0.717) is 21.1 Å². The van der Waals surface area contributed by atoms with E-state index in [1.807, 2.05) is 0 Å². The molecule has 11 heteroatoms. The van der Waals surface area contributed by atoms with Gasteiger partial charge in [-0.25, -0.2) is 9.07 Å². The number of nitrogens with one attached hydrogen (secondary N) is 3. The molecule has 0 saturated carbocycles. The van der Waals surface area contributed by atoms with Gasteiger partial charge in [-0.15, -0.1) is 0 Å². The molecule has 0 aliphatic heterocycles. The molecule has 4 aromatic rings. The van der Waals surface area contributed by atoms with Crippen LogP contribution in [0.3, 0.4) is 0 Å². The summed E-state index contributed by atoms with van der Waals surface area (Å²) in [5.74, 6) is -3.01. The van der Waals surface area contributed by atoms with Crippen LogP contribution in [0.2, 0.25) is 5.02 Å². The Kier molecular flexibility index (Phi) is 7.01. The van der Waals surface area contributed by atoms with Crippen molar-refractivity contribution in [3.05, 3.63) is 92.2 Å². The lowest BCUT2D eigenvalue weighted by molar-refractivity contribution is -0.133. The van der Waals surface area contributed by atoms with Crippen LogP contribution in [0.15, 0.2) is 75.7 Å². The number of hydrogen-bond acceptors (Lipinski definition) is 3. The van der Waals surface area contributed by atoms with Crippen molar-refractivity contribution in [1.29, 1.82) is 0 Å². The SMILES string of the molecule is O=C(Nc1ccc(Br)cc1Cl)C(=O)Nn1c(C(=O)Nc2ccc(F)cc2)cc2cc(Br)ccc21. The predicted molar refractivity (Wildman–Crippen MR) is 136 cm³/mol. The highest BCUT2D eigenvalue weighted by Crippen LogP contribution is 2.26. The zero-order valence-electron chi connectivity index (χ0n) is 17.0. The van der Waals surface area contributed by atoms with Crippen LogP contribution in [-0.4, -0.2) is 22.4 Å². The van der Waals surface area contributed by atoms with E-state index in [2.05, 4.69) is 47.9 Å². The van der Waals surface area contributed by atoms with Gasteiger partial charge in [0.05, 0.1) is 16.2 Å². The van der Waals surface area contributed by atoms with Gasteiger partial charge in [-0.1, -0.05) is 43.5 Å². The topological polar surface area (TPSA) is 92.2 Å². The second-order valence-electron chi connectivity index (χ2n) is 7.05. The van der Waals surface area contributed by atoms with Crippen LogP contribution in [0, 0.1) is 5.82 Å². The zero-order chi connectivity index (χ0) is 24.4. The van der Waals surface area contributed by atoms with Crippen molar-refractivity contribution >= 4 is 83.5 Å². The second kappa shape index (κ2) is 9.96. The molecule has 0 spiro atoms. The van der Waals surface area contributed by atoms with Gasteiger partial charge < -0.3 is 10.6 Å². The third-order valence-corrected chi connectivity index (χ3v) is 6.00. The minimum Gasteiger partial charge on any atom is -0.321 e. The van der Waals surface area contributed by atoms with E-state index in [1.165, 1.54) is 28.9 Å². The molecule has 172 valence electrons. The fourth-order valence-corrected chi connectivity index (χ4v) is 4.22. The summed E-state index contributed by atoms with van der Waals surface area (Å²) in [5, 5.41) is 5.96. The maximum absolute atomic E-state index is 13.2. The summed E-state index contributed by atoms with van der Waals surface area (Å²) in [7, 11) is 0. The lowest BCUT2D eigenvalue weighted by Crippen LogP contribution is -2.36. The van der Waals surface area contributed by atoms with E-state index in [-0.39, 0.29) is 16.4 Å². The Bertz CT molecular complexity index is 1440. The number of carbonyl (C=O) groups excluding carboxylic acids is 3. The van der Waals surface area contributed by atoms with E-state index in [1.54, 1.807) is 42.5 Å². The summed E-state index contributed by atoms with van der Waals surface area (Å²) < 4.78 is 15.9. The molecule has 0 unspecified atom stereocenters. The number of halogens is 4. The summed E-state index contributed by atoms with van der Waals surface area (Å²) >= 11 is 12.7. The maximum Gasteiger partial charge on any atom is 0.328 e. The molecule has 4 rings (SSSR count). The monoisotopic (exact) mass is 606 g/mol. The predicted octanol–water partition coefficient (Wildman–Crippen LogP) is 5.92. The Labute approximate surface area is 214 Å². The van der Waals surface area contributed by atoms with E-state index in [4.69, 9.17) is 11.6 Å². The Balaban J connectivity index is 1.62. The molecule has 0 fully saturated rings. The zero-order valence-corrected chi connectivity index (χ0v) is 21.0. The first kappa shape index (κ1) is 23.9. The number of fused-ring (bicyclic) bond motifs is 1. The van der Waals surface area contributed by atoms with Crippen molar-refractivity contribution in [1.82, 2.24) is 4.68 Å². The molecule has 3 amide bonds. The third kappa shape index (κ3) is 5.30. The van der Waals surface area contributed by atoms with Crippen molar-refractivity contribution in [2.75, 3.05) is 16.1 Å². The van der Waals surface area contributed by atoms with E-state index >= 15 is 0 Å². The van der Waals surface area contributed by atoms with Crippen molar-refractivity contribution in [3.63, 3.8) is 0 Å². The van der Waals surface area contributed by atoms with Gasteiger partial charge in [-0.05, 0) is 66.7 Å². The summed E-state index contributed by atoms with van der Waals surface area (Å²) in [6.45, 7) is 0. The maximum atomic E-state index is 13.2. The number of carbonyl (C=O) groups is 3. The minimum absolute atomic E-state index is 0.0558. The van der Waals surface area contributed by atoms with E-state index in [0.717, 1.165) is 4.47 Å². The molecular weight excluding hydrogens is 595 g/mol. The molecule has 34 heavy (non-hydrogen) atoms. The van der Waals surface area contributed by atoms with Crippen LogP contribution in [0.25, 0.3) is 10.9 Å². The highest BCUT2D eigenvalue weighted by atomic mass is 79.9. The van der Waals surface area contributed by atoms with Gasteiger partial charge in [0, 0.05) is 20.0 Å². The number of aromatic nitrogens is 1. The number of anilines is 2. The van der Waals surface area contributed by atoms with Crippen LogP contribution >= 0.6 is 43.5 Å². The Hall–Kier alpha value is -3.21. The standard InChI is InChI=1S/C23H14Br2ClFN4O3/c24-13-2-8-19-12(9-13)10-20(21(32)28-16-5-3-15(27)4-6-16)31(19)30-23(34)22(33)29-18-7-1-14(25)11-17(18)26/h1-11H,(H,28,32)(H,29,33)(H,30,34). The number of hydrogen-bond donors (Lipinski definition) is 3. The average molecular weight is 609 g/mol. The molecule has 3 aromatic carbocycles. The molecule has 1 heterocycles. The Morgan fingerprint density at radius 2 is 1.50 bits per heavy atom. The summed E-state index contributed by atoms with van der Waals surface area (Å²) in [4.78, 5) is 38.2.